The standard InChI is InChI=1S/C30H38N4O3/c1-4-12-33(13-5-2)29(35)18-21-16-24-19-27(37-3)25(20-26(24)32-28(31)17-21)22-8-10-23(11-9-22)30(36)34-14-6-7-15-34/h8-11,16,19-20H,4-7,12-15,17-18H2,1-3H3,(H2,31,32). The molecule has 2 aliphatic heterocycles. The number of fused-ring (bicyclic) bond motifs is 1. The minimum Gasteiger partial charge on any atom is -0.496 e. The second kappa shape index (κ2) is 12.1. The molecular weight excluding hydrogens is 464 g/mol. The predicted octanol–water partition coefficient (Wildman–Crippen LogP) is 5.41. The molecule has 0 aromatic heterocycles. The molecule has 0 radical (unpaired) electrons. The molecule has 0 aliphatic carbocycles. The van der Waals surface area contributed by atoms with E-state index in [9.17, 15) is 9.59 Å². The lowest BCUT2D eigenvalue weighted by Gasteiger charge is -2.22. The Morgan fingerprint density at radius 2 is 1.73 bits per heavy atom. The Bertz CT molecular complexity index is 1190. The van der Waals surface area contributed by atoms with Gasteiger partial charge in [-0.1, -0.05) is 37.6 Å². The zero-order valence-corrected chi connectivity index (χ0v) is 22.3. The van der Waals surface area contributed by atoms with Gasteiger partial charge in [-0.05, 0) is 55.5 Å². The maximum absolute atomic E-state index is 13.0. The van der Waals surface area contributed by atoms with Crippen molar-refractivity contribution < 1.29 is 14.3 Å². The number of nitrogens with zero attached hydrogens (tertiary/aromatic N) is 3. The quantitative estimate of drug-likeness (QED) is 0.496. The van der Waals surface area contributed by atoms with Gasteiger partial charge in [0.1, 0.15) is 11.6 Å². The average Bonchev–Trinajstić information content (AvgIpc) is 3.39. The molecule has 0 unspecified atom stereocenters. The molecule has 0 bridgehead atoms. The third kappa shape index (κ3) is 6.21. The number of carbonyl (C=O) groups is 2. The normalized spacial score (nSPS) is 14.9. The number of carbonyl (C=O) groups excluding carboxylic acids is 2. The maximum Gasteiger partial charge on any atom is 0.253 e. The van der Waals surface area contributed by atoms with E-state index in [-0.39, 0.29) is 11.8 Å². The van der Waals surface area contributed by atoms with Crippen molar-refractivity contribution in [1.82, 2.24) is 9.80 Å². The van der Waals surface area contributed by atoms with Crippen LogP contribution < -0.4 is 10.5 Å². The summed E-state index contributed by atoms with van der Waals surface area (Å²) < 4.78 is 5.75. The van der Waals surface area contributed by atoms with E-state index >= 15 is 0 Å². The monoisotopic (exact) mass is 502 g/mol. The number of amidine groups is 1. The molecule has 0 spiro atoms. The molecule has 2 aliphatic rings. The lowest BCUT2D eigenvalue weighted by molar-refractivity contribution is -0.130. The largest absolute Gasteiger partial charge is 0.496 e. The van der Waals surface area contributed by atoms with Gasteiger partial charge >= 0.3 is 0 Å². The molecule has 7 heteroatoms. The molecule has 2 heterocycles. The summed E-state index contributed by atoms with van der Waals surface area (Å²) in [4.78, 5) is 34.3. The summed E-state index contributed by atoms with van der Waals surface area (Å²) in [5, 5.41) is 0. The summed E-state index contributed by atoms with van der Waals surface area (Å²) in [6.45, 7) is 7.36. The van der Waals surface area contributed by atoms with Crippen LogP contribution in [-0.2, 0) is 4.79 Å². The van der Waals surface area contributed by atoms with Crippen LogP contribution in [0.25, 0.3) is 17.2 Å². The number of amides is 2. The van der Waals surface area contributed by atoms with Crippen molar-refractivity contribution in [3.8, 4) is 16.9 Å². The topological polar surface area (TPSA) is 88.2 Å². The van der Waals surface area contributed by atoms with E-state index in [0.29, 0.717) is 30.0 Å². The highest BCUT2D eigenvalue weighted by molar-refractivity contribution is 5.96. The van der Waals surface area contributed by atoms with Crippen LogP contribution in [0, 0.1) is 0 Å². The first-order chi connectivity index (χ1) is 17.9. The Balaban J connectivity index is 1.62. The lowest BCUT2D eigenvalue weighted by atomic mass is 9.98. The average molecular weight is 503 g/mol. The molecule has 2 amide bonds. The predicted molar refractivity (Wildman–Crippen MR) is 149 cm³/mol. The van der Waals surface area contributed by atoms with Crippen molar-refractivity contribution in [2.24, 2.45) is 10.7 Å². The number of ether oxygens (including phenoxy) is 1. The summed E-state index contributed by atoms with van der Waals surface area (Å²) in [7, 11) is 1.65. The van der Waals surface area contributed by atoms with Crippen LogP contribution in [0.1, 0.15) is 68.3 Å². The summed E-state index contributed by atoms with van der Waals surface area (Å²) in [5.41, 5.74) is 11.4. The molecule has 2 N–H and O–H groups in total. The van der Waals surface area contributed by atoms with Crippen molar-refractivity contribution in [1.29, 1.82) is 0 Å². The van der Waals surface area contributed by atoms with Crippen molar-refractivity contribution in [3.63, 3.8) is 0 Å². The van der Waals surface area contributed by atoms with Gasteiger partial charge < -0.3 is 20.3 Å². The Hall–Kier alpha value is -3.61. The third-order valence-corrected chi connectivity index (χ3v) is 6.93. The first-order valence-electron chi connectivity index (χ1n) is 13.4. The van der Waals surface area contributed by atoms with Gasteiger partial charge in [-0.25, -0.2) is 4.99 Å². The molecule has 2 aromatic carbocycles. The first-order valence-corrected chi connectivity index (χ1v) is 13.4. The summed E-state index contributed by atoms with van der Waals surface area (Å²) in [6, 6.07) is 11.6. The van der Waals surface area contributed by atoms with Crippen LogP contribution in [0.5, 0.6) is 5.75 Å². The van der Waals surface area contributed by atoms with Crippen LogP contribution in [0.3, 0.4) is 0 Å². The highest BCUT2D eigenvalue weighted by Gasteiger charge is 2.21. The SMILES string of the molecule is CCCN(CCC)C(=O)CC1=Cc2cc(OC)c(-c3ccc(C(=O)N4CCCC4)cc3)cc2N=C(N)C1. The van der Waals surface area contributed by atoms with Crippen molar-refractivity contribution in [2.75, 3.05) is 33.3 Å². The fourth-order valence-electron chi connectivity index (χ4n) is 5.10. The smallest absolute Gasteiger partial charge is 0.253 e. The Labute approximate surface area is 220 Å². The van der Waals surface area contributed by atoms with E-state index in [1.165, 1.54) is 0 Å². The second-order valence-electron chi connectivity index (χ2n) is 9.83. The Kier molecular flexibility index (Phi) is 8.64. The number of benzene rings is 2. The van der Waals surface area contributed by atoms with E-state index in [4.69, 9.17) is 10.5 Å². The first kappa shape index (κ1) is 26.5. The van der Waals surface area contributed by atoms with E-state index in [0.717, 1.165) is 79.8 Å². The highest BCUT2D eigenvalue weighted by atomic mass is 16.5. The van der Waals surface area contributed by atoms with Gasteiger partial charge in [-0.2, -0.15) is 0 Å². The highest BCUT2D eigenvalue weighted by Crippen LogP contribution is 2.39. The number of hydrogen-bond donors (Lipinski definition) is 1. The van der Waals surface area contributed by atoms with Gasteiger partial charge in [0.2, 0.25) is 5.91 Å². The molecule has 0 atom stereocenters. The van der Waals surface area contributed by atoms with Crippen LogP contribution >= 0.6 is 0 Å². The van der Waals surface area contributed by atoms with Crippen LogP contribution in [-0.4, -0.2) is 60.7 Å². The number of nitrogens with two attached hydrogens (primary N) is 1. The van der Waals surface area contributed by atoms with Gasteiger partial charge in [0.05, 0.1) is 12.8 Å². The van der Waals surface area contributed by atoms with Gasteiger partial charge in [0.25, 0.3) is 5.91 Å². The van der Waals surface area contributed by atoms with E-state index in [1.807, 2.05) is 52.3 Å². The van der Waals surface area contributed by atoms with Crippen molar-refractivity contribution in [2.45, 2.75) is 52.4 Å². The minimum absolute atomic E-state index is 0.0824. The summed E-state index contributed by atoms with van der Waals surface area (Å²) in [6.07, 6.45) is 6.81. The van der Waals surface area contributed by atoms with Crippen molar-refractivity contribution in [3.05, 3.63) is 53.1 Å². The Morgan fingerprint density at radius 3 is 2.35 bits per heavy atom. The van der Waals surface area contributed by atoms with Gasteiger partial charge in [0, 0.05) is 55.7 Å². The van der Waals surface area contributed by atoms with E-state index in [2.05, 4.69) is 18.8 Å². The number of hydrogen-bond acceptors (Lipinski definition) is 5. The van der Waals surface area contributed by atoms with Crippen LogP contribution in [0.2, 0.25) is 0 Å². The molecule has 0 saturated carbocycles. The molecule has 2 aromatic rings. The zero-order valence-electron chi connectivity index (χ0n) is 22.3. The second-order valence-corrected chi connectivity index (χ2v) is 9.83. The number of rotatable bonds is 9. The molecule has 1 fully saturated rings. The number of methoxy groups -OCH3 is 1. The molecular formula is C30H38N4O3. The molecule has 37 heavy (non-hydrogen) atoms. The minimum atomic E-state index is 0.0824. The van der Waals surface area contributed by atoms with E-state index < -0.39 is 0 Å². The maximum atomic E-state index is 13.0. The third-order valence-electron chi connectivity index (χ3n) is 6.93. The molecule has 4 rings (SSSR count). The fraction of sp³-hybridized carbons (Fsp3) is 0.433. The summed E-state index contributed by atoms with van der Waals surface area (Å²) in [5.74, 6) is 1.39. The lowest BCUT2D eigenvalue weighted by Crippen LogP contribution is -2.32. The molecule has 196 valence electrons. The van der Waals surface area contributed by atoms with Crippen LogP contribution in [0.15, 0.2) is 47.0 Å². The van der Waals surface area contributed by atoms with Gasteiger partial charge in [0.15, 0.2) is 0 Å². The molecule has 7 nitrogen and oxygen atoms in total. The fourth-order valence-corrected chi connectivity index (χ4v) is 5.10. The number of likely N-dealkylation sites (tertiary alicyclic amines) is 1. The molecule has 1 saturated heterocycles. The zero-order chi connectivity index (χ0) is 26.4. The van der Waals surface area contributed by atoms with E-state index in [1.54, 1.807) is 7.11 Å². The number of aliphatic imine (C=N–C) groups is 1. The summed E-state index contributed by atoms with van der Waals surface area (Å²) >= 11 is 0. The Morgan fingerprint density at radius 1 is 1.05 bits per heavy atom. The van der Waals surface area contributed by atoms with Crippen molar-refractivity contribution >= 4 is 29.4 Å². The van der Waals surface area contributed by atoms with Gasteiger partial charge in [-0.15, -0.1) is 0 Å². The van der Waals surface area contributed by atoms with Gasteiger partial charge in [-0.3, -0.25) is 9.59 Å². The van der Waals surface area contributed by atoms with Crippen LogP contribution in [0.4, 0.5) is 5.69 Å².